The van der Waals surface area contributed by atoms with Crippen molar-refractivity contribution < 1.29 is 9.53 Å². The molecule has 116 valence electrons. The second-order valence-electron chi connectivity index (χ2n) is 6.40. The fraction of sp³-hybridized carbons (Fsp3) is 0.316. The highest BCUT2D eigenvalue weighted by atomic mass is 16.5. The summed E-state index contributed by atoms with van der Waals surface area (Å²) in [7, 11) is 0. The number of rotatable bonds is 4. The van der Waals surface area contributed by atoms with E-state index in [9.17, 15) is 4.79 Å². The normalized spacial score (nSPS) is 11.1. The summed E-state index contributed by atoms with van der Waals surface area (Å²) in [5, 5.41) is 2.94. The number of para-hydroxylation sites is 2. The predicted octanol–water partition coefficient (Wildman–Crippen LogP) is 4.31. The fourth-order valence-electron chi connectivity index (χ4n) is 2.29. The van der Waals surface area contributed by atoms with Crippen molar-refractivity contribution >= 4 is 11.6 Å². The Labute approximate surface area is 132 Å². The molecule has 0 atom stereocenters. The summed E-state index contributed by atoms with van der Waals surface area (Å²) < 4.78 is 5.58. The van der Waals surface area contributed by atoms with Gasteiger partial charge < -0.3 is 10.1 Å². The van der Waals surface area contributed by atoms with Gasteiger partial charge in [-0.3, -0.25) is 4.79 Å². The third-order valence-corrected chi connectivity index (χ3v) is 3.46. The minimum atomic E-state index is -0.153. The maximum absolute atomic E-state index is 12.1. The van der Waals surface area contributed by atoms with Crippen molar-refractivity contribution in [2.24, 2.45) is 0 Å². The van der Waals surface area contributed by atoms with Crippen LogP contribution in [0.3, 0.4) is 0 Å². The molecule has 1 amide bonds. The first-order chi connectivity index (χ1) is 10.4. The van der Waals surface area contributed by atoms with E-state index in [1.54, 1.807) is 0 Å². The number of amides is 1. The van der Waals surface area contributed by atoms with Gasteiger partial charge in [0.05, 0.1) is 0 Å². The second-order valence-corrected chi connectivity index (χ2v) is 6.40. The van der Waals surface area contributed by atoms with Gasteiger partial charge in [-0.2, -0.15) is 0 Å². The van der Waals surface area contributed by atoms with Crippen molar-refractivity contribution in [3.63, 3.8) is 0 Å². The molecule has 3 nitrogen and oxygen atoms in total. The van der Waals surface area contributed by atoms with E-state index in [1.807, 2.05) is 55.5 Å². The summed E-state index contributed by atoms with van der Waals surface area (Å²) in [6.07, 6.45) is 0. The Morgan fingerprint density at radius 1 is 1.05 bits per heavy atom. The lowest BCUT2D eigenvalue weighted by Gasteiger charge is -2.23. The van der Waals surface area contributed by atoms with Crippen LogP contribution in [0.5, 0.6) is 5.75 Å². The first-order valence-corrected chi connectivity index (χ1v) is 7.46. The highest BCUT2D eigenvalue weighted by Crippen LogP contribution is 2.29. The summed E-state index contributed by atoms with van der Waals surface area (Å²) in [4.78, 5) is 12.1. The molecule has 2 aromatic carbocycles. The average Bonchev–Trinajstić information content (AvgIpc) is 2.46. The van der Waals surface area contributed by atoms with Gasteiger partial charge in [0.2, 0.25) is 0 Å². The number of hydrogen-bond donors (Lipinski definition) is 1. The molecule has 0 saturated carbocycles. The standard InChI is InChI=1S/C19H23NO2/c1-14-9-5-8-12-17(14)22-13-18(21)20-16-11-7-6-10-15(16)19(2,3)4/h5-12H,13H2,1-4H3,(H,20,21). The van der Waals surface area contributed by atoms with Crippen molar-refractivity contribution in [2.75, 3.05) is 11.9 Å². The second kappa shape index (κ2) is 6.65. The lowest BCUT2D eigenvalue weighted by Crippen LogP contribution is -2.23. The third-order valence-electron chi connectivity index (χ3n) is 3.46. The molecule has 0 aliphatic rings. The monoisotopic (exact) mass is 297 g/mol. The molecule has 2 rings (SSSR count). The van der Waals surface area contributed by atoms with Crippen molar-refractivity contribution in [3.8, 4) is 5.75 Å². The Balaban J connectivity index is 2.03. The molecule has 0 aromatic heterocycles. The molecule has 0 unspecified atom stereocenters. The van der Waals surface area contributed by atoms with Crippen LogP contribution in [0.25, 0.3) is 0 Å². The smallest absolute Gasteiger partial charge is 0.262 e. The van der Waals surface area contributed by atoms with Gasteiger partial charge in [-0.1, -0.05) is 57.2 Å². The van der Waals surface area contributed by atoms with Crippen LogP contribution in [-0.4, -0.2) is 12.5 Å². The number of carbonyl (C=O) groups excluding carboxylic acids is 1. The average molecular weight is 297 g/mol. The van der Waals surface area contributed by atoms with Gasteiger partial charge in [-0.15, -0.1) is 0 Å². The van der Waals surface area contributed by atoms with Gasteiger partial charge in [0.15, 0.2) is 6.61 Å². The molecule has 0 aliphatic heterocycles. The molecule has 0 spiro atoms. The summed E-state index contributed by atoms with van der Waals surface area (Å²) in [5.41, 5.74) is 2.94. The Morgan fingerprint density at radius 2 is 1.68 bits per heavy atom. The van der Waals surface area contributed by atoms with Crippen molar-refractivity contribution in [3.05, 3.63) is 59.7 Å². The van der Waals surface area contributed by atoms with E-state index in [4.69, 9.17) is 4.74 Å². The van der Waals surface area contributed by atoms with Crippen LogP contribution in [-0.2, 0) is 10.2 Å². The van der Waals surface area contributed by atoms with Crippen LogP contribution < -0.4 is 10.1 Å². The van der Waals surface area contributed by atoms with Crippen LogP contribution in [0, 0.1) is 6.92 Å². The molecule has 0 heterocycles. The molecule has 3 heteroatoms. The molecule has 0 bridgehead atoms. The summed E-state index contributed by atoms with van der Waals surface area (Å²) >= 11 is 0. The SMILES string of the molecule is Cc1ccccc1OCC(=O)Nc1ccccc1C(C)(C)C. The van der Waals surface area contributed by atoms with E-state index >= 15 is 0 Å². The highest BCUT2D eigenvalue weighted by molar-refractivity contribution is 5.92. The first kappa shape index (κ1) is 16.1. The number of carbonyl (C=O) groups is 1. The van der Waals surface area contributed by atoms with E-state index in [2.05, 4.69) is 26.1 Å². The molecule has 0 fully saturated rings. The topological polar surface area (TPSA) is 38.3 Å². The zero-order valence-corrected chi connectivity index (χ0v) is 13.6. The lowest BCUT2D eigenvalue weighted by molar-refractivity contribution is -0.118. The summed E-state index contributed by atoms with van der Waals surface area (Å²) in [6, 6.07) is 15.5. The number of aryl methyl sites for hydroxylation is 1. The van der Waals surface area contributed by atoms with Crippen molar-refractivity contribution in [1.82, 2.24) is 0 Å². The van der Waals surface area contributed by atoms with Crippen LogP contribution in [0.4, 0.5) is 5.69 Å². The quantitative estimate of drug-likeness (QED) is 0.913. The van der Waals surface area contributed by atoms with Crippen LogP contribution >= 0.6 is 0 Å². The Kier molecular flexibility index (Phi) is 4.86. The molecule has 1 N–H and O–H groups in total. The van der Waals surface area contributed by atoms with Gasteiger partial charge in [-0.05, 0) is 35.6 Å². The Bertz CT molecular complexity index is 656. The third kappa shape index (κ3) is 4.10. The van der Waals surface area contributed by atoms with Gasteiger partial charge in [0.25, 0.3) is 5.91 Å². The van der Waals surface area contributed by atoms with Crippen molar-refractivity contribution in [2.45, 2.75) is 33.1 Å². The number of benzene rings is 2. The van der Waals surface area contributed by atoms with Gasteiger partial charge >= 0.3 is 0 Å². The van der Waals surface area contributed by atoms with E-state index in [0.717, 1.165) is 22.6 Å². The van der Waals surface area contributed by atoms with Gasteiger partial charge in [-0.25, -0.2) is 0 Å². The number of nitrogens with one attached hydrogen (secondary N) is 1. The molecular formula is C19H23NO2. The Hall–Kier alpha value is -2.29. The number of hydrogen-bond acceptors (Lipinski definition) is 2. The maximum Gasteiger partial charge on any atom is 0.262 e. The van der Waals surface area contributed by atoms with E-state index < -0.39 is 0 Å². The predicted molar refractivity (Wildman–Crippen MR) is 90.4 cm³/mol. The number of ether oxygens (including phenoxy) is 1. The summed E-state index contributed by atoms with van der Waals surface area (Å²) in [6.45, 7) is 8.34. The zero-order chi connectivity index (χ0) is 16.2. The fourth-order valence-corrected chi connectivity index (χ4v) is 2.29. The molecule has 22 heavy (non-hydrogen) atoms. The van der Waals surface area contributed by atoms with Gasteiger partial charge in [0.1, 0.15) is 5.75 Å². The molecule has 2 aromatic rings. The van der Waals surface area contributed by atoms with Crippen LogP contribution in [0.15, 0.2) is 48.5 Å². The van der Waals surface area contributed by atoms with Crippen LogP contribution in [0.1, 0.15) is 31.9 Å². The molecule has 0 saturated heterocycles. The molecule has 0 aliphatic carbocycles. The van der Waals surface area contributed by atoms with Crippen molar-refractivity contribution in [1.29, 1.82) is 0 Å². The van der Waals surface area contributed by atoms with Gasteiger partial charge in [0, 0.05) is 5.69 Å². The first-order valence-electron chi connectivity index (χ1n) is 7.46. The lowest BCUT2D eigenvalue weighted by atomic mass is 9.86. The molecular weight excluding hydrogens is 274 g/mol. The highest BCUT2D eigenvalue weighted by Gasteiger charge is 2.18. The van der Waals surface area contributed by atoms with E-state index in [-0.39, 0.29) is 17.9 Å². The Morgan fingerprint density at radius 3 is 2.36 bits per heavy atom. The minimum absolute atomic E-state index is 0.00330. The zero-order valence-electron chi connectivity index (χ0n) is 13.6. The largest absolute Gasteiger partial charge is 0.483 e. The van der Waals surface area contributed by atoms with Crippen LogP contribution in [0.2, 0.25) is 0 Å². The maximum atomic E-state index is 12.1. The molecule has 0 radical (unpaired) electrons. The minimum Gasteiger partial charge on any atom is -0.483 e. The van der Waals surface area contributed by atoms with E-state index in [0.29, 0.717) is 0 Å². The summed E-state index contributed by atoms with van der Waals surface area (Å²) in [5.74, 6) is 0.585. The number of anilines is 1. The van der Waals surface area contributed by atoms with E-state index in [1.165, 1.54) is 0 Å².